The number of sulfone groups is 1. The van der Waals surface area contributed by atoms with Crippen LogP contribution in [0.15, 0.2) is 0 Å². The number of methoxy groups -OCH3 is 2. The molecule has 6 nitrogen and oxygen atoms in total. The van der Waals surface area contributed by atoms with E-state index in [9.17, 15) is 31.2 Å². The molecule has 0 spiro atoms. The SMILES string of the molecule is COC(=O)C[C@H](C(=O)OC)S(=O)(=O)C(F)(F)F. The predicted molar refractivity (Wildman–Crippen MR) is 47.4 cm³/mol. The molecular formula is C7H9F3O6S. The van der Waals surface area contributed by atoms with Gasteiger partial charge >= 0.3 is 17.4 Å². The maximum absolute atomic E-state index is 12.2. The highest BCUT2D eigenvalue weighted by molar-refractivity contribution is 7.93. The fourth-order valence-electron chi connectivity index (χ4n) is 0.847. The molecule has 0 N–H and O–H groups in total. The lowest BCUT2D eigenvalue weighted by Gasteiger charge is -2.16. The second-order valence-electron chi connectivity index (χ2n) is 2.78. The molecule has 0 saturated heterocycles. The van der Waals surface area contributed by atoms with E-state index < -0.39 is 39.0 Å². The molecule has 0 amide bonds. The average Bonchev–Trinajstić information content (AvgIpc) is 2.22. The first-order chi connectivity index (χ1) is 7.57. The lowest BCUT2D eigenvalue weighted by Crippen LogP contribution is -2.41. The summed E-state index contributed by atoms with van der Waals surface area (Å²) in [6, 6.07) is 0. The summed E-state index contributed by atoms with van der Waals surface area (Å²) in [4.78, 5) is 21.7. The number of halogens is 3. The third kappa shape index (κ3) is 3.58. The minimum absolute atomic E-state index is 0.707. The van der Waals surface area contributed by atoms with E-state index in [0.29, 0.717) is 7.11 Å². The highest BCUT2D eigenvalue weighted by Crippen LogP contribution is 2.29. The highest BCUT2D eigenvalue weighted by Gasteiger charge is 2.54. The first-order valence-electron chi connectivity index (χ1n) is 4.02. The molecule has 0 heterocycles. The molecule has 10 heteroatoms. The van der Waals surface area contributed by atoms with Crippen LogP contribution in [0, 0.1) is 0 Å². The van der Waals surface area contributed by atoms with Gasteiger partial charge in [-0.05, 0) is 0 Å². The zero-order chi connectivity index (χ0) is 13.9. The molecule has 0 aliphatic heterocycles. The van der Waals surface area contributed by atoms with E-state index >= 15 is 0 Å². The van der Waals surface area contributed by atoms with E-state index in [1.807, 2.05) is 0 Å². The molecule has 0 aromatic heterocycles. The summed E-state index contributed by atoms with van der Waals surface area (Å²) in [6.45, 7) is 0. The number of hydrogen-bond acceptors (Lipinski definition) is 6. The zero-order valence-corrected chi connectivity index (χ0v) is 9.59. The summed E-state index contributed by atoms with van der Waals surface area (Å²) in [5.41, 5.74) is -5.65. The van der Waals surface area contributed by atoms with Gasteiger partial charge in [0, 0.05) is 0 Å². The van der Waals surface area contributed by atoms with E-state index in [1.165, 1.54) is 0 Å². The lowest BCUT2D eigenvalue weighted by atomic mass is 10.3. The Morgan fingerprint density at radius 2 is 1.65 bits per heavy atom. The van der Waals surface area contributed by atoms with Crippen molar-refractivity contribution in [1.29, 1.82) is 0 Å². The van der Waals surface area contributed by atoms with Crippen molar-refractivity contribution < 1.29 is 40.7 Å². The Morgan fingerprint density at radius 1 is 1.18 bits per heavy atom. The molecule has 0 aliphatic rings. The van der Waals surface area contributed by atoms with Gasteiger partial charge in [0.1, 0.15) is 0 Å². The largest absolute Gasteiger partial charge is 0.498 e. The van der Waals surface area contributed by atoms with Crippen LogP contribution in [0.3, 0.4) is 0 Å². The monoisotopic (exact) mass is 278 g/mol. The molecule has 0 aliphatic carbocycles. The Hall–Kier alpha value is -1.32. The Labute approximate surface area is 94.6 Å². The lowest BCUT2D eigenvalue weighted by molar-refractivity contribution is -0.147. The quantitative estimate of drug-likeness (QED) is 0.674. The van der Waals surface area contributed by atoms with Crippen LogP contribution in [0.2, 0.25) is 0 Å². The summed E-state index contributed by atoms with van der Waals surface area (Å²) in [5, 5.41) is -2.65. The normalized spacial score (nSPS) is 13.9. The molecule has 0 rings (SSSR count). The molecule has 0 radical (unpaired) electrons. The van der Waals surface area contributed by atoms with E-state index in [4.69, 9.17) is 0 Å². The van der Waals surface area contributed by atoms with E-state index in [1.54, 1.807) is 0 Å². The van der Waals surface area contributed by atoms with Crippen LogP contribution in [0.25, 0.3) is 0 Å². The van der Waals surface area contributed by atoms with Crippen molar-refractivity contribution in [2.24, 2.45) is 0 Å². The van der Waals surface area contributed by atoms with Crippen molar-refractivity contribution in [2.75, 3.05) is 14.2 Å². The van der Waals surface area contributed by atoms with Gasteiger partial charge in [-0.1, -0.05) is 0 Å². The van der Waals surface area contributed by atoms with E-state index in [0.717, 1.165) is 7.11 Å². The van der Waals surface area contributed by atoms with Crippen molar-refractivity contribution in [2.45, 2.75) is 17.2 Å². The first-order valence-corrected chi connectivity index (χ1v) is 5.57. The van der Waals surface area contributed by atoms with Crippen molar-refractivity contribution in [3.8, 4) is 0 Å². The molecule has 0 bridgehead atoms. The molecule has 17 heavy (non-hydrogen) atoms. The van der Waals surface area contributed by atoms with Crippen molar-refractivity contribution >= 4 is 21.8 Å². The van der Waals surface area contributed by atoms with Gasteiger partial charge in [0.2, 0.25) is 0 Å². The average molecular weight is 278 g/mol. The summed E-state index contributed by atoms with van der Waals surface area (Å²) >= 11 is 0. The maximum Gasteiger partial charge on any atom is 0.498 e. The second kappa shape index (κ2) is 5.34. The highest BCUT2D eigenvalue weighted by atomic mass is 32.2. The first kappa shape index (κ1) is 15.7. The second-order valence-corrected chi connectivity index (χ2v) is 4.90. The van der Waals surface area contributed by atoms with Gasteiger partial charge in [0.25, 0.3) is 9.84 Å². The van der Waals surface area contributed by atoms with Gasteiger partial charge in [-0.25, -0.2) is 8.42 Å². The van der Waals surface area contributed by atoms with Gasteiger partial charge in [-0.2, -0.15) is 13.2 Å². The van der Waals surface area contributed by atoms with Crippen LogP contribution in [0.5, 0.6) is 0 Å². The van der Waals surface area contributed by atoms with Crippen LogP contribution in [-0.2, 0) is 28.9 Å². The van der Waals surface area contributed by atoms with Crippen LogP contribution < -0.4 is 0 Å². The van der Waals surface area contributed by atoms with Crippen molar-refractivity contribution in [3.05, 3.63) is 0 Å². The van der Waals surface area contributed by atoms with Crippen LogP contribution in [-0.4, -0.2) is 45.3 Å². The molecule has 0 aromatic carbocycles. The molecule has 0 fully saturated rings. The minimum Gasteiger partial charge on any atom is -0.469 e. The van der Waals surface area contributed by atoms with E-state index in [-0.39, 0.29) is 0 Å². The smallest absolute Gasteiger partial charge is 0.469 e. The number of carbonyl (C=O) groups is 2. The van der Waals surface area contributed by atoms with E-state index in [2.05, 4.69) is 9.47 Å². The van der Waals surface area contributed by atoms with Gasteiger partial charge < -0.3 is 9.47 Å². The van der Waals surface area contributed by atoms with Crippen molar-refractivity contribution in [3.63, 3.8) is 0 Å². The third-order valence-electron chi connectivity index (χ3n) is 1.74. The Balaban J connectivity index is 5.35. The number of ether oxygens (including phenoxy) is 2. The molecular weight excluding hydrogens is 269 g/mol. The molecule has 0 unspecified atom stereocenters. The summed E-state index contributed by atoms with van der Waals surface area (Å²) < 4.78 is 66.4. The number of esters is 2. The third-order valence-corrected chi connectivity index (χ3v) is 3.49. The number of alkyl halides is 3. The number of hydrogen-bond donors (Lipinski definition) is 0. The number of rotatable bonds is 4. The number of carbonyl (C=O) groups excluding carboxylic acids is 2. The Morgan fingerprint density at radius 3 is 1.94 bits per heavy atom. The molecule has 0 saturated carbocycles. The standard InChI is InChI=1S/C7H9F3O6S/c1-15-5(11)3-4(6(12)16-2)17(13,14)7(8,9)10/h4H,3H2,1-2H3/t4-/m1/s1. The topological polar surface area (TPSA) is 86.7 Å². The van der Waals surface area contributed by atoms with Crippen LogP contribution >= 0.6 is 0 Å². The Kier molecular flexibility index (Phi) is 4.93. The van der Waals surface area contributed by atoms with Gasteiger partial charge in [-0.3, -0.25) is 9.59 Å². The van der Waals surface area contributed by atoms with Gasteiger partial charge in [-0.15, -0.1) is 0 Å². The molecule has 100 valence electrons. The molecule has 0 aromatic rings. The van der Waals surface area contributed by atoms with Crippen LogP contribution in [0.1, 0.15) is 6.42 Å². The summed E-state index contributed by atoms with van der Waals surface area (Å²) in [7, 11) is -4.28. The fraction of sp³-hybridized carbons (Fsp3) is 0.714. The summed E-state index contributed by atoms with van der Waals surface area (Å²) in [6.07, 6.45) is -1.26. The minimum atomic E-state index is -5.83. The van der Waals surface area contributed by atoms with Gasteiger partial charge in [0.15, 0.2) is 5.25 Å². The predicted octanol–water partition coefficient (Wildman–Crippen LogP) is 0.0257. The van der Waals surface area contributed by atoms with Crippen LogP contribution in [0.4, 0.5) is 13.2 Å². The molecule has 1 atom stereocenters. The Bertz CT molecular complexity index is 398. The van der Waals surface area contributed by atoms with Crippen molar-refractivity contribution in [1.82, 2.24) is 0 Å². The maximum atomic E-state index is 12.2. The zero-order valence-electron chi connectivity index (χ0n) is 8.78. The van der Waals surface area contributed by atoms with Gasteiger partial charge in [0.05, 0.1) is 20.6 Å². The summed E-state index contributed by atoms with van der Waals surface area (Å²) in [5.74, 6) is -2.94. The fourth-order valence-corrected chi connectivity index (χ4v) is 1.87.